The standard InChI is InChI=1S/C21H22ClN3/c22-9-1-2-20(18-5-12-24-13-6-18)21(19-7-14-25-15-8-19)16-17-3-10-23-11-4-17/h3-8,10-15,20-21H,1-2,9,16H2. The van der Waals surface area contributed by atoms with Crippen molar-refractivity contribution in [3.8, 4) is 0 Å². The molecule has 0 N–H and O–H groups in total. The van der Waals surface area contributed by atoms with E-state index in [1.54, 1.807) is 0 Å². The van der Waals surface area contributed by atoms with E-state index >= 15 is 0 Å². The van der Waals surface area contributed by atoms with Crippen molar-refractivity contribution >= 4 is 11.6 Å². The number of hydrogen-bond donors (Lipinski definition) is 0. The van der Waals surface area contributed by atoms with Crippen molar-refractivity contribution in [3.63, 3.8) is 0 Å². The molecule has 2 atom stereocenters. The Balaban J connectivity index is 1.97. The molecule has 0 aliphatic heterocycles. The Bertz CT molecular complexity index is 735. The lowest BCUT2D eigenvalue weighted by atomic mass is 9.76. The Hall–Kier alpha value is -2.26. The van der Waals surface area contributed by atoms with Gasteiger partial charge in [-0.05, 0) is 84.2 Å². The third kappa shape index (κ3) is 4.86. The van der Waals surface area contributed by atoms with Gasteiger partial charge in [-0.3, -0.25) is 15.0 Å². The lowest BCUT2D eigenvalue weighted by Gasteiger charge is -2.28. The SMILES string of the molecule is ClCCCC(c1ccncc1)C(Cc1ccncc1)c1ccncc1. The molecule has 3 aromatic rings. The highest BCUT2D eigenvalue weighted by Crippen LogP contribution is 2.38. The number of rotatable bonds is 8. The summed E-state index contributed by atoms with van der Waals surface area (Å²) in [5.74, 6) is 1.42. The van der Waals surface area contributed by atoms with Crippen molar-refractivity contribution in [2.75, 3.05) is 5.88 Å². The second-order valence-electron chi connectivity index (χ2n) is 6.16. The highest BCUT2D eigenvalue weighted by atomic mass is 35.5. The quantitative estimate of drug-likeness (QED) is 0.536. The molecule has 0 saturated heterocycles. The molecule has 0 aliphatic carbocycles. The zero-order valence-corrected chi connectivity index (χ0v) is 14.9. The fourth-order valence-electron chi connectivity index (χ4n) is 3.38. The average molecular weight is 352 g/mol. The highest BCUT2D eigenvalue weighted by Gasteiger charge is 2.25. The molecule has 128 valence electrons. The van der Waals surface area contributed by atoms with Gasteiger partial charge in [-0.25, -0.2) is 0 Å². The lowest BCUT2D eigenvalue weighted by Crippen LogP contribution is -2.15. The van der Waals surface area contributed by atoms with Crippen LogP contribution in [0.2, 0.25) is 0 Å². The Morgan fingerprint density at radius 1 is 0.680 bits per heavy atom. The van der Waals surface area contributed by atoms with Gasteiger partial charge in [0.05, 0.1) is 0 Å². The van der Waals surface area contributed by atoms with Gasteiger partial charge in [-0.1, -0.05) is 0 Å². The maximum atomic E-state index is 6.01. The molecule has 0 spiro atoms. The topological polar surface area (TPSA) is 38.7 Å². The van der Waals surface area contributed by atoms with Crippen LogP contribution in [0.4, 0.5) is 0 Å². The largest absolute Gasteiger partial charge is 0.265 e. The first-order valence-corrected chi connectivity index (χ1v) is 9.16. The van der Waals surface area contributed by atoms with Gasteiger partial charge in [-0.2, -0.15) is 0 Å². The first kappa shape index (κ1) is 17.6. The smallest absolute Gasteiger partial charge is 0.0270 e. The van der Waals surface area contributed by atoms with Crippen LogP contribution in [-0.4, -0.2) is 20.8 Å². The van der Waals surface area contributed by atoms with Gasteiger partial charge < -0.3 is 0 Å². The maximum Gasteiger partial charge on any atom is 0.0270 e. The van der Waals surface area contributed by atoms with E-state index in [1.807, 2.05) is 37.2 Å². The molecule has 4 heteroatoms. The van der Waals surface area contributed by atoms with E-state index in [4.69, 9.17) is 11.6 Å². The third-order valence-corrected chi connectivity index (χ3v) is 4.88. The summed E-state index contributed by atoms with van der Waals surface area (Å²) in [6.07, 6.45) is 14.2. The molecular formula is C21H22ClN3. The predicted octanol–water partition coefficient (Wildman–Crippen LogP) is 5.00. The van der Waals surface area contributed by atoms with Crippen LogP contribution in [0.3, 0.4) is 0 Å². The Kier molecular flexibility index (Phi) is 6.52. The van der Waals surface area contributed by atoms with Crippen LogP contribution < -0.4 is 0 Å². The molecule has 0 fully saturated rings. The van der Waals surface area contributed by atoms with Gasteiger partial charge in [0, 0.05) is 43.1 Å². The molecule has 0 aromatic carbocycles. The van der Waals surface area contributed by atoms with Crippen molar-refractivity contribution in [2.45, 2.75) is 31.1 Å². The number of nitrogens with zero attached hydrogens (tertiary/aromatic N) is 3. The van der Waals surface area contributed by atoms with Crippen molar-refractivity contribution < 1.29 is 0 Å². The van der Waals surface area contributed by atoms with Crippen molar-refractivity contribution in [2.24, 2.45) is 0 Å². The van der Waals surface area contributed by atoms with Gasteiger partial charge in [0.2, 0.25) is 0 Å². The first-order valence-electron chi connectivity index (χ1n) is 8.63. The number of hydrogen-bond acceptors (Lipinski definition) is 3. The first-order chi connectivity index (χ1) is 12.4. The van der Waals surface area contributed by atoms with Crippen molar-refractivity contribution in [1.82, 2.24) is 15.0 Å². The zero-order chi connectivity index (χ0) is 17.3. The van der Waals surface area contributed by atoms with Crippen LogP contribution in [0, 0.1) is 0 Å². The molecule has 3 aromatic heterocycles. The molecule has 0 aliphatic rings. The van der Waals surface area contributed by atoms with E-state index in [0.29, 0.717) is 17.7 Å². The van der Waals surface area contributed by atoms with Crippen molar-refractivity contribution in [3.05, 3.63) is 90.3 Å². The van der Waals surface area contributed by atoms with Crippen molar-refractivity contribution in [1.29, 1.82) is 0 Å². The summed E-state index contributed by atoms with van der Waals surface area (Å²) in [6.45, 7) is 0. The second kappa shape index (κ2) is 9.28. The summed E-state index contributed by atoms with van der Waals surface area (Å²) in [5.41, 5.74) is 3.92. The number of alkyl halides is 1. The molecule has 2 unspecified atom stereocenters. The summed E-state index contributed by atoms with van der Waals surface area (Å²) >= 11 is 6.01. The lowest BCUT2D eigenvalue weighted by molar-refractivity contribution is 0.496. The molecule has 3 rings (SSSR count). The third-order valence-electron chi connectivity index (χ3n) is 4.61. The van der Waals surface area contributed by atoms with Crippen LogP contribution in [0.5, 0.6) is 0 Å². The summed E-state index contributed by atoms with van der Waals surface area (Å²) in [6, 6.07) is 12.7. The summed E-state index contributed by atoms with van der Waals surface area (Å²) < 4.78 is 0. The Morgan fingerprint density at radius 2 is 1.16 bits per heavy atom. The van der Waals surface area contributed by atoms with Gasteiger partial charge in [-0.15, -0.1) is 11.6 Å². The van der Waals surface area contributed by atoms with E-state index in [2.05, 4.69) is 51.4 Å². The molecule has 0 radical (unpaired) electrons. The van der Waals surface area contributed by atoms with Gasteiger partial charge in [0.15, 0.2) is 0 Å². The van der Waals surface area contributed by atoms with E-state index < -0.39 is 0 Å². The van der Waals surface area contributed by atoms with Gasteiger partial charge in [0.1, 0.15) is 0 Å². The van der Waals surface area contributed by atoms with Crippen LogP contribution in [0.15, 0.2) is 73.6 Å². The maximum absolute atomic E-state index is 6.01. The van der Waals surface area contributed by atoms with Crippen LogP contribution >= 0.6 is 11.6 Å². The fourth-order valence-corrected chi connectivity index (χ4v) is 3.54. The molecule has 0 amide bonds. The second-order valence-corrected chi connectivity index (χ2v) is 6.54. The summed E-state index contributed by atoms with van der Waals surface area (Å²) in [7, 11) is 0. The minimum Gasteiger partial charge on any atom is -0.265 e. The molecule has 0 saturated carbocycles. The number of halogens is 1. The zero-order valence-electron chi connectivity index (χ0n) is 14.1. The minimum atomic E-state index is 0.357. The summed E-state index contributed by atoms with van der Waals surface area (Å²) in [5, 5.41) is 0. The molecular weight excluding hydrogens is 330 g/mol. The number of aromatic nitrogens is 3. The Labute approximate surface area is 154 Å². The van der Waals surface area contributed by atoms with Crippen LogP contribution in [0.1, 0.15) is 41.4 Å². The fraction of sp³-hybridized carbons (Fsp3) is 0.286. The van der Waals surface area contributed by atoms with Gasteiger partial charge >= 0.3 is 0 Å². The normalized spacial score (nSPS) is 13.3. The Morgan fingerprint density at radius 3 is 1.68 bits per heavy atom. The molecule has 3 nitrogen and oxygen atoms in total. The van der Waals surface area contributed by atoms with Gasteiger partial charge in [0.25, 0.3) is 0 Å². The van der Waals surface area contributed by atoms with Crippen LogP contribution in [0.25, 0.3) is 0 Å². The molecule has 0 bridgehead atoms. The van der Waals surface area contributed by atoms with E-state index in [0.717, 1.165) is 19.3 Å². The minimum absolute atomic E-state index is 0.357. The number of pyridine rings is 3. The average Bonchev–Trinajstić information content (AvgIpc) is 2.69. The molecule has 25 heavy (non-hydrogen) atoms. The van der Waals surface area contributed by atoms with E-state index in [-0.39, 0.29) is 0 Å². The monoisotopic (exact) mass is 351 g/mol. The predicted molar refractivity (Wildman–Crippen MR) is 102 cm³/mol. The molecule has 3 heterocycles. The van der Waals surface area contributed by atoms with E-state index in [1.165, 1.54) is 16.7 Å². The summed E-state index contributed by atoms with van der Waals surface area (Å²) in [4.78, 5) is 12.5. The van der Waals surface area contributed by atoms with Crippen LogP contribution in [-0.2, 0) is 6.42 Å². The highest BCUT2D eigenvalue weighted by molar-refractivity contribution is 6.17. The van der Waals surface area contributed by atoms with E-state index in [9.17, 15) is 0 Å².